The lowest BCUT2D eigenvalue weighted by Gasteiger charge is -1.99. The normalized spacial score (nSPS) is 11.2. The van der Waals surface area contributed by atoms with Crippen molar-refractivity contribution >= 4 is 17.1 Å². The molecule has 2 nitrogen and oxygen atoms in total. The Bertz CT molecular complexity index is 302. The predicted molar refractivity (Wildman–Crippen MR) is 55.4 cm³/mol. The molecule has 13 heavy (non-hydrogen) atoms. The third-order valence-electron chi connectivity index (χ3n) is 1.79. The van der Waals surface area contributed by atoms with E-state index in [1.807, 2.05) is 19.2 Å². The number of carbonyl (C=O) groups excluding carboxylic acids is 1. The highest BCUT2D eigenvalue weighted by Gasteiger charge is 2.14. The molecule has 3 heteroatoms. The SMILES string of the molecule is CC(C)C(=O)c1csc(C(C)C)n1. The molecule has 0 atom stereocenters. The number of Topliss-reactive ketones (excluding diaryl/α,β-unsaturated/α-hetero) is 1. The summed E-state index contributed by atoms with van der Waals surface area (Å²) in [5.41, 5.74) is 0.628. The zero-order valence-electron chi connectivity index (χ0n) is 8.50. The van der Waals surface area contributed by atoms with Crippen molar-refractivity contribution in [3.05, 3.63) is 16.1 Å². The Hall–Kier alpha value is -0.700. The molecule has 0 radical (unpaired) electrons. The van der Waals surface area contributed by atoms with Crippen molar-refractivity contribution in [2.24, 2.45) is 5.92 Å². The number of hydrogen-bond donors (Lipinski definition) is 0. The van der Waals surface area contributed by atoms with E-state index >= 15 is 0 Å². The maximum absolute atomic E-state index is 11.5. The maximum atomic E-state index is 11.5. The molecule has 0 saturated heterocycles. The molecule has 1 aromatic rings. The first-order valence-electron chi connectivity index (χ1n) is 4.52. The van der Waals surface area contributed by atoms with E-state index in [0.717, 1.165) is 5.01 Å². The fraction of sp³-hybridized carbons (Fsp3) is 0.600. The Labute approximate surface area is 83.0 Å². The van der Waals surface area contributed by atoms with Gasteiger partial charge in [0.1, 0.15) is 5.69 Å². The molecule has 1 heterocycles. The number of carbonyl (C=O) groups is 1. The van der Waals surface area contributed by atoms with Gasteiger partial charge in [-0.2, -0.15) is 0 Å². The van der Waals surface area contributed by atoms with E-state index in [1.54, 1.807) is 11.3 Å². The van der Waals surface area contributed by atoms with Crippen molar-refractivity contribution in [2.75, 3.05) is 0 Å². The predicted octanol–water partition coefficient (Wildman–Crippen LogP) is 3.11. The van der Waals surface area contributed by atoms with Crippen molar-refractivity contribution in [2.45, 2.75) is 33.6 Å². The summed E-state index contributed by atoms with van der Waals surface area (Å²) in [5.74, 6) is 0.601. The van der Waals surface area contributed by atoms with Crippen LogP contribution in [0.15, 0.2) is 5.38 Å². The first kappa shape index (κ1) is 10.4. The van der Waals surface area contributed by atoms with Crippen molar-refractivity contribution in [3.63, 3.8) is 0 Å². The zero-order valence-corrected chi connectivity index (χ0v) is 9.31. The molecule has 0 amide bonds. The number of aromatic nitrogens is 1. The van der Waals surface area contributed by atoms with Crippen LogP contribution in [-0.2, 0) is 0 Å². The summed E-state index contributed by atoms with van der Waals surface area (Å²) in [6.07, 6.45) is 0. The summed E-state index contributed by atoms with van der Waals surface area (Å²) in [4.78, 5) is 15.8. The number of nitrogens with zero attached hydrogens (tertiary/aromatic N) is 1. The number of thiazole rings is 1. The van der Waals surface area contributed by atoms with Gasteiger partial charge in [-0.1, -0.05) is 27.7 Å². The van der Waals surface area contributed by atoms with Gasteiger partial charge in [-0.25, -0.2) is 4.98 Å². The summed E-state index contributed by atoms with van der Waals surface area (Å²) in [6.45, 7) is 7.97. The highest BCUT2D eigenvalue weighted by atomic mass is 32.1. The average molecular weight is 197 g/mol. The van der Waals surface area contributed by atoms with Gasteiger partial charge >= 0.3 is 0 Å². The van der Waals surface area contributed by atoms with Crippen LogP contribution in [-0.4, -0.2) is 10.8 Å². The number of hydrogen-bond acceptors (Lipinski definition) is 3. The Balaban J connectivity index is 2.86. The maximum Gasteiger partial charge on any atom is 0.184 e. The van der Waals surface area contributed by atoms with Crippen LogP contribution in [0, 0.1) is 5.92 Å². The zero-order chi connectivity index (χ0) is 10.0. The molecule has 0 aliphatic carbocycles. The molecule has 0 N–H and O–H groups in total. The second kappa shape index (κ2) is 4.01. The molecule has 0 fully saturated rings. The molecule has 0 bridgehead atoms. The van der Waals surface area contributed by atoms with Crippen molar-refractivity contribution in [1.29, 1.82) is 0 Å². The Kier molecular flexibility index (Phi) is 3.20. The number of rotatable bonds is 3. The topological polar surface area (TPSA) is 30.0 Å². The smallest absolute Gasteiger partial charge is 0.184 e. The van der Waals surface area contributed by atoms with Crippen LogP contribution in [0.4, 0.5) is 0 Å². The summed E-state index contributed by atoms with van der Waals surface area (Å²) in [5, 5.41) is 2.90. The van der Waals surface area contributed by atoms with Crippen LogP contribution in [0.5, 0.6) is 0 Å². The lowest BCUT2D eigenvalue weighted by Crippen LogP contribution is -2.07. The molecule has 72 valence electrons. The molecular formula is C10H15NOS. The van der Waals surface area contributed by atoms with E-state index < -0.39 is 0 Å². The summed E-state index contributed by atoms with van der Waals surface area (Å²) in [6, 6.07) is 0. The van der Waals surface area contributed by atoms with Crippen molar-refractivity contribution < 1.29 is 4.79 Å². The minimum atomic E-state index is 0.0436. The van der Waals surface area contributed by atoms with Gasteiger partial charge in [0.05, 0.1) is 5.01 Å². The van der Waals surface area contributed by atoms with E-state index in [2.05, 4.69) is 18.8 Å². The molecule has 0 aliphatic heterocycles. The van der Waals surface area contributed by atoms with Crippen molar-refractivity contribution in [1.82, 2.24) is 4.98 Å². The van der Waals surface area contributed by atoms with Crippen LogP contribution < -0.4 is 0 Å². The fourth-order valence-corrected chi connectivity index (χ4v) is 1.79. The minimum Gasteiger partial charge on any atom is -0.292 e. The van der Waals surface area contributed by atoms with Gasteiger partial charge in [0.15, 0.2) is 5.78 Å². The van der Waals surface area contributed by atoms with Crippen LogP contribution in [0.3, 0.4) is 0 Å². The monoisotopic (exact) mass is 197 g/mol. The summed E-state index contributed by atoms with van der Waals surface area (Å²) < 4.78 is 0. The first-order chi connectivity index (χ1) is 6.02. The lowest BCUT2D eigenvalue weighted by atomic mass is 10.1. The van der Waals surface area contributed by atoms with Gasteiger partial charge in [-0.3, -0.25) is 4.79 Å². The van der Waals surface area contributed by atoms with Gasteiger partial charge < -0.3 is 0 Å². The Morgan fingerprint density at radius 2 is 2.00 bits per heavy atom. The summed E-state index contributed by atoms with van der Waals surface area (Å²) in [7, 11) is 0. The van der Waals surface area contributed by atoms with Crippen LogP contribution in [0.25, 0.3) is 0 Å². The van der Waals surface area contributed by atoms with E-state index in [-0.39, 0.29) is 11.7 Å². The van der Waals surface area contributed by atoms with Crippen LogP contribution in [0.1, 0.15) is 49.1 Å². The molecule has 0 spiro atoms. The van der Waals surface area contributed by atoms with E-state index in [4.69, 9.17) is 0 Å². The first-order valence-corrected chi connectivity index (χ1v) is 5.40. The fourth-order valence-electron chi connectivity index (χ4n) is 0.962. The van der Waals surface area contributed by atoms with Gasteiger partial charge in [-0.05, 0) is 0 Å². The minimum absolute atomic E-state index is 0.0436. The third kappa shape index (κ3) is 2.37. The quantitative estimate of drug-likeness (QED) is 0.697. The average Bonchev–Trinajstić information content (AvgIpc) is 2.50. The standard InChI is InChI=1S/C10H15NOS/c1-6(2)9(12)8-5-13-10(11-8)7(3)4/h5-7H,1-4H3. The van der Waals surface area contributed by atoms with Crippen LogP contribution in [0.2, 0.25) is 0 Å². The molecular weight excluding hydrogens is 182 g/mol. The second-order valence-corrected chi connectivity index (χ2v) is 4.63. The summed E-state index contributed by atoms with van der Waals surface area (Å²) >= 11 is 1.57. The molecule has 0 saturated carbocycles. The van der Waals surface area contributed by atoms with Gasteiger partial charge in [0.25, 0.3) is 0 Å². The Morgan fingerprint density at radius 3 is 2.38 bits per heavy atom. The largest absolute Gasteiger partial charge is 0.292 e. The molecule has 0 unspecified atom stereocenters. The Morgan fingerprint density at radius 1 is 1.38 bits per heavy atom. The molecule has 1 aromatic heterocycles. The molecule has 0 aromatic carbocycles. The molecule has 0 aliphatic rings. The van der Waals surface area contributed by atoms with Crippen molar-refractivity contribution in [3.8, 4) is 0 Å². The van der Waals surface area contributed by atoms with Gasteiger partial charge in [0, 0.05) is 17.2 Å². The van der Waals surface area contributed by atoms with Crippen LogP contribution >= 0.6 is 11.3 Å². The highest BCUT2D eigenvalue weighted by molar-refractivity contribution is 7.09. The van der Waals surface area contributed by atoms with Gasteiger partial charge in [-0.15, -0.1) is 11.3 Å². The van der Waals surface area contributed by atoms with E-state index in [1.165, 1.54) is 0 Å². The lowest BCUT2D eigenvalue weighted by molar-refractivity contribution is 0.0935. The number of ketones is 1. The third-order valence-corrected chi connectivity index (χ3v) is 2.94. The highest BCUT2D eigenvalue weighted by Crippen LogP contribution is 2.20. The van der Waals surface area contributed by atoms with Gasteiger partial charge in [0.2, 0.25) is 0 Å². The molecule has 1 rings (SSSR count). The second-order valence-electron chi connectivity index (χ2n) is 3.74. The van der Waals surface area contributed by atoms with E-state index in [0.29, 0.717) is 11.6 Å². The van der Waals surface area contributed by atoms with E-state index in [9.17, 15) is 4.79 Å².